The van der Waals surface area contributed by atoms with Gasteiger partial charge in [-0.2, -0.15) is 5.26 Å². The van der Waals surface area contributed by atoms with Gasteiger partial charge in [0, 0.05) is 29.4 Å². The van der Waals surface area contributed by atoms with Crippen LogP contribution in [0.1, 0.15) is 64.0 Å². The van der Waals surface area contributed by atoms with E-state index in [0.717, 1.165) is 0 Å². The van der Waals surface area contributed by atoms with Gasteiger partial charge >= 0.3 is 0 Å². The fourth-order valence-electron chi connectivity index (χ4n) is 4.99. The van der Waals surface area contributed by atoms with Crippen molar-refractivity contribution >= 4 is 29.1 Å². The highest BCUT2D eigenvalue weighted by molar-refractivity contribution is 6.31. The number of nitrogens with one attached hydrogen (secondary N) is 1. The fourth-order valence-corrected chi connectivity index (χ4v) is 5.33. The predicted octanol–water partition coefficient (Wildman–Crippen LogP) is 6.00. The lowest BCUT2D eigenvalue weighted by atomic mass is 9.73. The third-order valence-corrected chi connectivity index (χ3v) is 6.89. The molecule has 2 N–H and O–H groups in total. The first-order chi connectivity index (χ1) is 16.6. The molecule has 2 aromatic carbocycles. The maximum absolute atomic E-state index is 15.5. The quantitative estimate of drug-likeness (QED) is 0.443. The summed E-state index contributed by atoms with van der Waals surface area (Å²) in [5.41, 5.74) is -1.18. The SMILES string of the molecule is CC(C)(C)C[C@@H]1[C@@H](c2ccc(Cl)cc2F)[C@@H](c2cccc(Cl)c2F)[C@H](C(=O)NCC(C)(C)O)N1C#N. The van der Waals surface area contributed by atoms with Crippen LogP contribution in [0.5, 0.6) is 0 Å². The van der Waals surface area contributed by atoms with Gasteiger partial charge in [-0.25, -0.2) is 8.78 Å². The van der Waals surface area contributed by atoms with Gasteiger partial charge in [-0.05, 0) is 55.0 Å². The molecule has 1 heterocycles. The van der Waals surface area contributed by atoms with Crippen molar-refractivity contribution in [3.63, 3.8) is 0 Å². The third kappa shape index (κ3) is 6.11. The van der Waals surface area contributed by atoms with Gasteiger partial charge in [0.15, 0.2) is 6.19 Å². The Kier molecular flexibility index (Phi) is 8.24. The van der Waals surface area contributed by atoms with Crippen LogP contribution in [0.4, 0.5) is 8.78 Å². The van der Waals surface area contributed by atoms with Crippen molar-refractivity contribution in [2.45, 2.75) is 70.6 Å². The fraction of sp³-hybridized carbons (Fsp3) is 0.481. The lowest BCUT2D eigenvalue weighted by Gasteiger charge is -2.32. The zero-order chi connectivity index (χ0) is 27.0. The molecule has 0 radical (unpaired) electrons. The molecule has 0 bridgehead atoms. The molecule has 1 fully saturated rings. The summed E-state index contributed by atoms with van der Waals surface area (Å²) >= 11 is 12.1. The van der Waals surface area contributed by atoms with Gasteiger partial charge < -0.3 is 10.4 Å². The summed E-state index contributed by atoms with van der Waals surface area (Å²) < 4.78 is 30.9. The Labute approximate surface area is 221 Å². The zero-order valence-corrected chi connectivity index (χ0v) is 22.5. The highest BCUT2D eigenvalue weighted by Gasteiger charge is 2.55. The van der Waals surface area contributed by atoms with Crippen LogP contribution in [-0.4, -0.2) is 40.1 Å². The van der Waals surface area contributed by atoms with Gasteiger partial charge in [0.2, 0.25) is 5.91 Å². The summed E-state index contributed by atoms with van der Waals surface area (Å²) in [6, 6.07) is 6.91. The van der Waals surface area contributed by atoms with Crippen LogP contribution in [0.25, 0.3) is 0 Å². The molecule has 1 saturated heterocycles. The van der Waals surface area contributed by atoms with Crippen LogP contribution in [0.2, 0.25) is 10.0 Å². The van der Waals surface area contributed by atoms with Crippen molar-refractivity contribution < 1.29 is 18.7 Å². The van der Waals surface area contributed by atoms with E-state index in [4.69, 9.17) is 23.2 Å². The average Bonchev–Trinajstić information content (AvgIpc) is 3.05. The van der Waals surface area contributed by atoms with Crippen LogP contribution < -0.4 is 5.32 Å². The lowest BCUT2D eigenvalue weighted by molar-refractivity contribution is -0.126. The smallest absolute Gasteiger partial charge is 0.244 e. The van der Waals surface area contributed by atoms with Gasteiger partial charge in [-0.3, -0.25) is 9.69 Å². The van der Waals surface area contributed by atoms with E-state index in [1.54, 1.807) is 6.07 Å². The number of hydrogen-bond acceptors (Lipinski definition) is 4. The highest BCUT2D eigenvalue weighted by atomic mass is 35.5. The molecule has 0 spiro atoms. The molecular weight excluding hydrogens is 507 g/mol. The molecule has 5 nitrogen and oxygen atoms in total. The minimum absolute atomic E-state index is 0.0870. The molecule has 0 unspecified atom stereocenters. The Balaban J connectivity index is 2.28. The maximum Gasteiger partial charge on any atom is 0.244 e. The molecule has 1 aliphatic heterocycles. The van der Waals surface area contributed by atoms with Crippen molar-refractivity contribution in [3.05, 3.63) is 69.2 Å². The number of nitriles is 1. The summed E-state index contributed by atoms with van der Waals surface area (Å²) in [6.07, 6.45) is 2.55. The van der Waals surface area contributed by atoms with Crippen molar-refractivity contribution in [2.75, 3.05) is 6.54 Å². The topological polar surface area (TPSA) is 76.4 Å². The Morgan fingerprint density at radius 1 is 1.11 bits per heavy atom. The first-order valence-corrected chi connectivity index (χ1v) is 12.5. The third-order valence-electron chi connectivity index (χ3n) is 6.36. The number of hydrogen-bond donors (Lipinski definition) is 2. The number of benzene rings is 2. The summed E-state index contributed by atoms with van der Waals surface area (Å²) in [7, 11) is 0. The van der Waals surface area contributed by atoms with Gasteiger partial charge in [-0.1, -0.05) is 62.2 Å². The first kappa shape index (κ1) is 28.2. The van der Waals surface area contributed by atoms with Crippen molar-refractivity contribution in [1.82, 2.24) is 10.2 Å². The molecule has 1 amide bonds. The summed E-state index contributed by atoms with van der Waals surface area (Å²) in [6.45, 7) is 8.92. The molecule has 0 saturated carbocycles. The number of likely N-dealkylation sites (tertiary alicyclic amines) is 1. The molecule has 3 rings (SSSR count). The van der Waals surface area contributed by atoms with Crippen LogP contribution in [-0.2, 0) is 4.79 Å². The van der Waals surface area contributed by atoms with E-state index in [-0.39, 0.29) is 33.1 Å². The Hall–Kier alpha value is -2.40. The van der Waals surface area contributed by atoms with Crippen molar-refractivity contribution in [1.29, 1.82) is 5.26 Å². The second kappa shape index (κ2) is 10.5. The molecule has 9 heteroatoms. The zero-order valence-electron chi connectivity index (χ0n) is 20.9. The highest BCUT2D eigenvalue weighted by Crippen LogP contribution is 2.52. The number of rotatable bonds is 6. The van der Waals surface area contributed by atoms with Crippen LogP contribution in [0.15, 0.2) is 36.4 Å². The molecular formula is C27H31Cl2F2N3O2. The largest absolute Gasteiger partial charge is 0.389 e. The number of carbonyl (C=O) groups is 1. The Morgan fingerprint density at radius 3 is 2.33 bits per heavy atom. The molecule has 0 aromatic heterocycles. The van der Waals surface area contributed by atoms with E-state index in [1.165, 1.54) is 49.1 Å². The molecule has 1 aliphatic rings. The van der Waals surface area contributed by atoms with Crippen molar-refractivity contribution in [3.8, 4) is 6.19 Å². The lowest BCUT2D eigenvalue weighted by Crippen LogP contribution is -2.49. The van der Waals surface area contributed by atoms with Gasteiger partial charge in [0.25, 0.3) is 0 Å². The Morgan fingerprint density at radius 2 is 1.78 bits per heavy atom. The summed E-state index contributed by atoms with van der Waals surface area (Å²) in [4.78, 5) is 14.9. The maximum atomic E-state index is 15.5. The second-order valence-corrected chi connectivity index (χ2v) is 12.0. The molecule has 0 aliphatic carbocycles. The minimum atomic E-state index is -1.21. The minimum Gasteiger partial charge on any atom is -0.389 e. The first-order valence-electron chi connectivity index (χ1n) is 11.7. The van der Waals surface area contributed by atoms with Crippen LogP contribution >= 0.6 is 23.2 Å². The number of amides is 1. The van der Waals surface area contributed by atoms with E-state index in [1.807, 2.05) is 20.8 Å². The molecule has 36 heavy (non-hydrogen) atoms. The predicted molar refractivity (Wildman–Crippen MR) is 137 cm³/mol. The number of halogens is 4. The van der Waals surface area contributed by atoms with E-state index >= 15 is 8.78 Å². The molecule has 2 aromatic rings. The van der Waals surface area contributed by atoms with E-state index in [2.05, 4.69) is 11.5 Å². The number of carbonyl (C=O) groups excluding carboxylic acids is 1. The molecule has 194 valence electrons. The number of aliphatic hydroxyl groups is 1. The van der Waals surface area contributed by atoms with E-state index in [0.29, 0.717) is 6.42 Å². The standard InChI is InChI=1S/C27H31Cl2F2N3O2/c1-26(2,3)12-20-21(16-10-9-15(28)11-19(16)30)22(17-7-6-8-18(29)23(17)31)24(34(20)14-32)25(35)33-13-27(4,5)36/h6-11,20-22,24,36H,12-13H2,1-5H3,(H,33,35)/t20-,21-,22-,24-/m1/s1. The Bertz CT molecular complexity index is 1170. The molecule has 4 atom stereocenters. The van der Waals surface area contributed by atoms with Crippen molar-refractivity contribution in [2.24, 2.45) is 5.41 Å². The summed E-state index contributed by atoms with van der Waals surface area (Å²) in [5.74, 6) is -3.62. The summed E-state index contributed by atoms with van der Waals surface area (Å²) in [5, 5.41) is 23.2. The van der Waals surface area contributed by atoms with E-state index in [9.17, 15) is 15.2 Å². The van der Waals surface area contributed by atoms with Gasteiger partial charge in [0.05, 0.1) is 10.6 Å². The van der Waals surface area contributed by atoms with Crippen LogP contribution in [0, 0.1) is 28.5 Å². The van der Waals surface area contributed by atoms with Gasteiger partial charge in [-0.15, -0.1) is 0 Å². The van der Waals surface area contributed by atoms with E-state index < -0.39 is 47.1 Å². The average molecular weight is 538 g/mol. The van der Waals surface area contributed by atoms with Crippen LogP contribution in [0.3, 0.4) is 0 Å². The second-order valence-electron chi connectivity index (χ2n) is 11.2. The van der Waals surface area contributed by atoms with Gasteiger partial charge in [0.1, 0.15) is 17.7 Å². The normalized spacial score (nSPS) is 22.4. The monoisotopic (exact) mass is 537 g/mol. The number of nitrogens with zero attached hydrogens (tertiary/aromatic N) is 2.